The maximum Gasteiger partial charge on any atom is 0.257 e. The van der Waals surface area contributed by atoms with Crippen molar-refractivity contribution in [2.24, 2.45) is 0 Å². The second-order valence-electron chi connectivity index (χ2n) is 6.18. The summed E-state index contributed by atoms with van der Waals surface area (Å²) < 4.78 is 5.64. The standard InChI is InChI=1S/C21H20ClN3O2S2/c1-2-3-11-27-17-6-4-5-15(12-17)19(26)24-20(28)25-21-23-18(13-29-21)14-7-9-16(22)10-8-14/h4-10,12-13H,2-3,11H2,1H3,(H2,23,24,25,26,28). The van der Waals surface area contributed by atoms with Gasteiger partial charge >= 0.3 is 0 Å². The summed E-state index contributed by atoms with van der Waals surface area (Å²) in [6.45, 7) is 2.73. The first-order valence-corrected chi connectivity index (χ1v) is 10.8. The van der Waals surface area contributed by atoms with E-state index in [1.165, 1.54) is 11.3 Å². The Kier molecular flexibility index (Phi) is 7.57. The molecule has 0 aliphatic heterocycles. The number of thiocarbonyl (C=S) groups is 1. The zero-order valence-corrected chi connectivity index (χ0v) is 18.2. The van der Waals surface area contributed by atoms with Crippen molar-refractivity contribution in [3.8, 4) is 17.0 Å². The van der Waals surface area contributed by atoms with Gasteiger partial charge < -0.3 is 10.1 Å². The fourth-order valence-corrected chi connectivity index (χ4v) is 3.55. The van der Waals surface area contributed by atoms with Crippen LogP contribution in [0.2, 0.25) is 5.02 Å². The van der Waals surface area contributed by atoms with Crippen molar-refractivity contribution in [2.75, 3.05) is 11.9 Å². The van der Waals surface area contributed by atoms with E-state index in [9.17, 15) is 4.79 Å². The topological polar surface area (TPSA) is 63.2 Å². The molecule has 0 radical (unpaired) electrons. The minimum absolute atomic E-state index is 0.185. The highest BCUT2D eigenvalue weighted by Gasteiger charge is 2.11. The van der Waals surface area contributed by atoms with Crippen LogP contribution in [-0.2, 0) is 0 Å². The number of benzene rings is 2. The van der Waals surface area contributed by atoms with E-state index in [1.54, 1.807) is 18.2 Å². The Morgan fingerprint density at radius 3 is 2.79 bits per heavy atom. The molecule has 0 saturated carbocycles. The van der Waals surface area contributed by atoms with Gasteiger partial charge in [-0.3, -0.25) is 10.1 Å². The fourth-order valence-electron chi connectivity index (χ4n) is 2.45. The van der Waals surface area contributed by atoms with Crippen LogP contribution in [0.4, 0.5) is 5.13 Å². The van der Waals surface area contributed by atoms with Gasteiger partial charge in [0.05, 0.1) is 12.3 Å². The number of nitrogens with zero attached hydrogens (tertiary/aromatic N) is 1. The van der Waals surface area contributed by atoms with Crippen LogP contribution in [0.3, 0.4) is 0 Å². The lowest BCUT2D eigenvalue weighted by atomic mass is 10.2. The van der Waals surface area contributed by atoms with Crippen LogP contribution in [0.15, 0.2) is 53.9 Å². The highest BCUT2D eigenvalue weighted by Crippen LogP contribution is 2.26. The molecule has 1 aromatic heterocycles. The molecule has 0 aliphatic carbocycles. The van der Waals surface area contributed by atoms with E-state index in [-0.39, 0.29) is 11.0 Å². The number of hydrogen-bond acceptors (Lipinski definition) is 5. The monoisotopic (exact) mass is 445 g/mol. The number of rotatable bonds is 7. The molecule has 0 saturated heterocycles. The minimum atomic E-state index is -0.307. The average molecular weight is 446 g/mol. The molecule has 3 rings (SSSR count). The van der Waals surface area contributed by atoms with Gasteiger partial charge in [0.15, 0.2) is 10.2 Å². The van der Waals surface area contributed by atoms with Crippen LogP contribution in [0.5, 0.6) is 5.75 Å². The first kappa shape index (κ1) is 21.2. The molecule has 29 heavy (non-hydrogen) atoms. The molecule has 0 unspecified atom stereocenters. The molecule has 3 aromatic rings. The number of nitrogens with one attached hydrogen (secondary N) is 2. The zero-order chi connectivity index (χ0) is 20.6. The summed E-state index contributed by atoms with van der Waals surface area (Å²) in [5.41, 5.74) is 2.23. The summed E-state index contributed by atoms with van der Waals surface area (Å²) in [5.74, 6) is 0.357. The van der Waals surface area contributed by atoms with E-state index in [1.807, 2.05) is 35.7 Å². The van der Waals surface area contributed by atoms with Crippen molar-refractivity contribution in [3.05, 3.63) is 64.5 Å². The van der Waals surface area contributed by atoms with E-state index in [0.717, 1.165) is 24.1 Å². The lowest BCUT2D eigenvalue weighted by Crippen LogP contribution is -2.34. The maximum absolute atomic E-state index is 12.5. The molecule has 2 N–H and O–H groups in total. The second kappa shape index (κ2) is 10.3. The Labute approximate surface area is 184 Å². The van der Waals surface area contributed by atoms with Gasteiger partial charge in [0.2, 0.25) is 0 Å². The van der Waals surface area contributed by atoms with Crippen molar-refractivity contribution in [2.45, 2.75) is 19.8 Å². The molecule has 8 heteroatoms. The number of halogens is 1. The van der Waals surface area contributed by atoms with Crippen LogP contribution in [-0.4, -0.2) is 22.6 Å². The molecule has 0 atom stereocenters. The Morgan fingerprint density at radius 2 is 2.03 bits per heavy atom. The molecule has 1 heterocycles. The molecule has 5 nitrogen and oxygen atoms in total. The van der Waals surface area contributed by atoms with Gasteiger partial charge in [0, 0.05) is 21.5 Å². The number of carbonyl (C=O) groups excluding carboxylic acids is 1. The number of ether oxygens (including phenoxy) is 1. The SMILES string of the molecule is CCCCOc1cccc(C(=O)NC(=S)Nc2nc(-c3ccc(Cl)cc3)cs2)c1. The third-order valence-corrected chi connectivity index (χ3v) is 5.17. The lowest BCUT2D eigenvalue weighted by Gasteiger charge is -2.09. The highest BCUT2D eigenvalue weighted by molar-refractivity contribution is 7.80. The normalized spacial score (nSPS) is 10.4. The van der Waals surface area contributed by atoms with Gasteiger partial charge in [-0.2, -0.15) is 0 Å². The Bertz CT molecular complexity index is 990. The van der Waals surface area contributed by atoms with Gasteiger partial charge in [0.25, 0.3) is 5.91 Å². The minimum Gasteiger partial charge on any atom is -0.494 e. The molecule has 1 amide bonds. The van der Waals surface area contributed by atoms with E-state index in [2.05, 4.69) is 22.5 Å². The molecule has 150 valence electrons. The summed E-state index contributed by atoms with van der Waals surface area (Å²) in [7, 11) is 0. The number of unbranched alkanes of at least 4 members (excludes halogenated alkanes) is 1. The molecule has 2 aromatic carbocycles. The van der Waals surface area contributed by atoms with Crippen molar-refractivity contribution in [1.29, 1.82) is 0 Å². The van der Waals surface area contributed by atoms with E-state index in [4.69, 9.17) is 28.6 Å². The molecule has 0 bridgehead atoms. The van der Waals surface area contributed by atoms with E-state index < -0.39 is 0 Å². The summed E-state index contributed by atoms with van der Waals surface area (Å²) in [6, 6.07) is 14.5. The number of thiazole rings is 1. The van der Waals surface area contributed by atoms with Gasteiger partial charge in [-0.05, 0) is 49.0 Å². The number of carbonyl (C=O) groups is 1. The predicted molar refractivity (Wildman–Crippen MR) is 123 cm³/mol. The second-order valence-corrected chi connectivity index (χ2v) is 7.89. The Balaban J connectivity index is 1.57. The molecule has 0 spiro atoms. The summed E-state index contributed by atoms with van der Waals surface area (Å²) in [5, 5.41) is 8.98. The van der Waals surface area contributed by atoms with Crippen molar-refractivity contribution >= 4 is 51.3 Å². The molecular weight excluding hydrogens is 426 g/mol. The highest BCUT2D eigenvalue weighted by atomic mass is 35.5. The summed E-state index contributed by atoms with van der Waals surface area (Å²) in [4.78, 5) is 17.0. The zero-order valence-electron chi connectivity index (χ0n) is 15.8. The molecular formula is C21H20ClN3O2S2. The van der Waals surface area contributed by atoms with Crippen molar-refractivity contribution in [1.82, 2.24) is 10.3 Å². The first-order chi connectivity index (χ1) is 14.0. The third kappa shape index (κ3) is 6.25. The van der Waals surface area contributed by atoms with Gasteiger partial charge in [-0.15, -0.1) is 11.3 Å². The number of hydrogen-bond donors (Lipinski definition) is 2. The van der Waals surface area contributed by atoms with Gasteiger partial charge in [-0.1, -0.05) is 43.1 Å². The average Bonchev–Trinajstić information content (AvgIpc) is 3.17. The van der Waals surface area contributed by atoms with Crippen LogP contribution < -0.4 is 15.4 Å². The Hall–Kier alpha value is -2.48. The van der Waals surface area contributed by atoms with Crippen molar-refractivity contribution in [3.63, 3.8) is 0 Å². The smallest absolute Gasteiger partial charge is 0.257 e. The maximum atomic E-state index is 12.5. The number of aromatic nitrogens is 1. The largest absolute Gasteiger partial charge is 0.494 e. The molecule has 0 aliphatic rings. The predicted octanol–water partition coefficient (Wildman–Crippen LogP) is 5.77. The van der Waals surface area contributed by atoms with Gasteiger partial charge in [0.1, 0.15) is 5.75 Å². The van der Waals surface area contributed by atoms with Crippen LogP contribution in [0.1, 0.15) is 30.1 Å². The van der Waals surface area contributed by atoms with E-state index in [0.29, 0.717) is 28.1 Å². The lowest BCUT2D eigenvalue weighted by molar-refractivity contribution is 0.0977. The van der Waals surface area contributed by atoms with Crippen LogP contribution >= 0.6 is 35.2 Å². The van der Waals surface area contributed by atoms with E-state index >= 15 is 0 Å². The van der Waals surface area contributed by atoms with Crippen LogP contribution in [0, 0.1) is 0 Å². The third-order valence-electron chi connectivity index (χ3n) is 3.95. The van der Waals surface area contributed by atoms with Crippen molar-refractivity contribution < 1.29 is 9.53 Å². The van der Waals surface area contributed by atoms with Crippen LogP contribution in [0.25, 0.3) is 11.3 Å². The Morgan fingerprint density at radius 1 is 1.24 bits per heavy atom. The number of anilines is 1. The number of amides is 1. The quantitative estimate of drug-likeness (QED) is 0.357. The van der Waals surface area contributed by atoms with Gasteiger partial charge in [-0.25, -0.2) is 4.98 Å². The summed E-state index contributed by atoms with van der Waals surface area (Å²) >= 11 is 12.6. The first-order valence-electron chi connectivity index (χ1n) is 9.12. The summed E-state index contributed by atoms with van der Waals surface area (Å²) in [6.07, 6.45) is 2.02. The molecule has 0 fully saturated rings. The fraction of sp³-hybridized carbons (Fsp3) is 0.190.